The molecule has 3 atom stereocenters. The first-order valence-electron chi connectivity index (χ1n) is 9.25. The van der Waals surface area contributed by atoms with E-state index in [-0.39, 0.29) is 23.4 Å². The summed E-state index contributed by atoms with van der Waals surface area (Å²) in [6.45, 7) is 0. The van der Waals surface area contributed by atoms with Crippen LogP contribution >= 0.6 is 11.6 Å². The zero-order chi connectivity index (χ0) is 19.5. The fraction of sp³-hybridized carbons (Fsp3) is 0.217. The van der Waals surface area contributed by atoms with Crippen molar-refractivity contribution in [2.75, 3.05) is 5.32 Å². The first-order chi connectivity index (χ1) is 13.4. The number of alkyl halides is 3. The number of hydrogen-bond donors (Lipinski definition) is 1. The van der Waals surface area contributed by atoms with Crippen LogP contribution in [0.1, 0.15) is 35.1 Å². The Balaban J connectivity index is 1.72. The number of nitrogens with one attached hydrogen (secondary N) is 1. The number of anilines is 1. The van der Waals surface area contributed by atoms with Crippen LogP contribution in [-0.4, -0.2) is 0 Å². The second kappa shape index (κ2) is 6.28. The molecule has 1 nitrogen and oxygen atoms in total. The van der Waals surface area contributed by atoms with Gasteiger partial charge in [0.25, 0.3) is 0 Å². The van der Waals surface area contributed by atoms with Crippen LogP contribution in [0.2, 0.25) is 5.02 Å². The summed E-state index contributed by atoms with van der Waals surface area (Å²) in [7, 11) is 0. The molecule has 5 rings (SSSR count). The maximum atomic E-state index is 13.7. The van der Waals surface area contributed by atoms with Crippen LogP contribution in [0.4, 0.5) is 18.9 Å². The van der Waals surface area contributed by atoms with Crippen LogP contribution in [-0.2, 0) is 6.18 Å². The molecule has 0 amide bonds. The standard InChI is InChI=1S/C23H17ClF3N/c24-19-12-11-18(23(25,26)27)20-15-8-4-10-17(15)21(28-22(19)20)16-9-3-6-13-5-1-2-7-14(13)16/h1-9,11-12,15,17,21,28H,10H2/t15-,17+,21-/m1/s1. The Hall–Kier alpha value is -2.46. The van der Waals surface area contributed by atoms with Gasteiger partial charge in [-0.25, -0.2) is 0 Å². The number of allylic oxidation sites excluding steroid dienone is 2. The lowest BCUT2D eigenvalue weighted by Gasteiger charge is -2.39. The van der Waals surface area contributed by atoms with Gasteiger partial charge in [-0.2, -0.15) is 13.2 Å². The molecule has 0 radical (unpaired) electrons. The minimum absolute atomic E-state index is 0.0119. The molecule has 0 unspecified atom stereocenters. The van der Waals surface area contributed by atoms with E-state index in [4.69, 9.17) is 11.6 Å². The molecule has 1 heterocycles. The Bertz CT molecular complexity index is 1100. The minimum Gasteiger partial charge on any atom is -0.376 e. The van der Waals surface area contributed by atoms with Crippen LogP contribution in [0.25, 0.3) is 10.8 Å². The van der Waals surface area contributed by atoms with Crippen LogP contribution in [0.15, 0.2) is 66.7 Å². The van der Waals surface area contributed by atoms with E-state index in [1.54, 1.807) is 0 Å². The van der Waals surface area contributed by atoms with Crippen molar-refractivity contribution in [2.24, 2.45) is 5.92 Å². The highest BCUT2D eigenvalue weighted by Gasteiger charge is 2.45. The molecule has 3 aromatic rings. The Labute approximate surface area is 165 Å². The molecule has 2 aliphatic rings. The lowest BCUT2D eigenvalue weighted by Crippen LogP contribution is -2.31. The lowest BCUT2D eigenvalue weighted by atomic mass is 9.74. The van der Waals surface area contributed by atoms with Gasteiger partial charge in [0.1, 0.15) is 0 Å². The maximum Gasteiger partial charge on any atom is 0.416 e. The highest BCUT2D eigenvalue weighted by Crippen LogP contribution is 2.55. The number of hydrogen-bond acceptors (Lipinski definition) is 1. The first kappa shape index (κ1) is 17.6. The van der Waals surface area contributed by atoms with Crippen molar-refractivity contribution < 1.29 is 13.2 Å². The maximum absolute atomic E-state index is 13.7. The van der Waals surface area contributed by atoms with Gasteiger partial charge in [0.2, 0.25) is 0 Å². The predicted octanol–water partition coefficient (Wildman–Crippen LogP) is 7.34. The molecule has 0 saturated heterocycles. The van der Waals surface area contributed by atoms with E-state index in [1.807, 2.05) is 30.4 Å². The van der Waals surface area contributed by atoms with Crippen molar-refractivity contribution in [3.8, 4) is 0 Å². The second-order valence-electron chi connectivity index (χ2n) is 7.43. The van der Waals surface area contributed by atoms with Crippen molar-refractivity contribution in [1.29, 1.82) is 0 Å². The van der Waals surface area contributed by atoms with Crippen molar-refractivity contribution in [2.45, 2.75) is 24.6 Å². The second-order valence-corrected chi connectivity index (χ2v) is 7.83. The molecule has 1 N–H and O–H groups in total. The Morgan fingerprint density at radius 2 is 1.75 bits per heavy atom. The third-order valence-corrected chi connectivity index (χ3v) is 6.25. The van der Waals surface area contributed by atoms with Gasteiger partial charge < -0.3 is 5.32 Å². The summed E-state index contributed by atoms with van der Waals surface area (Å²) in [6.07, 6.45) is 0.220. The van der Waals surface area contributed by atoms with Crippen LogP contribution in [0.5, 0.6) is 0 Å². The molecule has 0 saturated carbocycles. The zero-order valence-electron chi connectivity index (χ0n) is 14.8. The molecule has 0 aromatic heterocycles. The minimum atomic E-state index is -4.41. The summed E-state index contributed by atoms with van der Waals surface area (Å²) >= 11 is 6.37. The summed E-state index contributed by atoms with van der Waals surface area (Å²) in [4.78, 5) is 0. The summed E-state index contributed by atoms with van der Waals surface area (Å²) in [5.41, 5.74) is 1.17. The molecule has 142 valence electrons. The van der Waals surface area contributed by atoms with Crippen molar-refractivity contribution in [3.05, 3.63) is 88.5 Å². The molecule has 1 aliphatic carbocycles. The number of fused-ring (bicyclic) bond motifs is 4. The summed E-state index contributed by atoms with van der Waals surface area (Å²) in [5.74, 6) is -0.298. The van der Waals surface area contributed by atoms with Gasteiger partial charge >= 0.3 is 6.18 Å². The van der Waals surface area contributed by atoms with E-state index in [0.717, 1.165) is 28.8 Å². The molecule has 3 aromatic carbocycles. The lowest BCUT2D eigenvalue weighted by molar-refractivity contribution is -0.138. The molecular formula is C23H17ClF3N. The van der Waals surface area contributed by atoms with E-state index in [2.05, 4.69) is 29.6 Å². The molecule has 0 spiro atoms. The Morgan fingerprint density at radius 3 is 2.57 bits per heavy atom. The predicted molar refractivity (Wildman–Crippen MR) is 107 cm³/mol. The average Bonchev–Trinajstić information content (AvgIpc) is 3.16. The van der Waals surface area contributed by atoms with Crippen LogP contribution < -0.4 is 5.32 Å². The van der Waals surface area contributed by atoms with E-state index >= 15 is 0 Å². The number of halogens is 4. The highest BCUT2D eigenvalue weighted by atomic mass is 35.5. The van der Waals surface area contributed by atoms with E-state index in [9.17, 15) is 13.2 Å². The molecule has 5 heteroatoms. The topological polar surface area (TPSA) is 12.0 Å². The fourth-order valence-corrected chi connectivity index (χ4v) is 4.97. The zero-order valence-corrected chi connectivity index (χ0v) is 15.6. The fourth-order valence-electron chi connectivity index (χ4n) is 4.75. The van der Waals surface area contributed by atoms with Gasteiger partial charge in [-0.05, 0) is 46.4 Å². The number of benzene rings is 3. The molecule has 28 heavy (non-hydrogen) atoms. The van der Waals surface area contributed by atoms with Gasteiger partial charge in [-0.15, -0.1) is 0 Å². The summed E-state index contributed by atoms with van der Waals surface area (Å²) in [6, 6.07) is 16.5. The summed E-state index contributed by atoms with van der Waals surface area (Å²) in [5, 5.41) is 5.94. The SMILES string of the molecule is FC(F)(F)c1ccc(Cl)c2c1[C@@H]1C=CC[C@@H]1[C@@H](c1cccc3ccccc13)N2. The Kier molecular flexibility index (Phi) is 3.95. The third-order valence-electron chi connectivity index (χ3n) is 5.93. The highest BCUT2D eigenvalue weighted by molar-refractivity contribution is 6.33. The molecule has 1 aliphatic heterocycles. The molecule has 0 fully saturated rings. The molecule has 0 bridgehead atoms. The van der Waals surface area contributed by atoms with Crippen LogP contribution in [0, 0.1) is 5.92 Å². The third kappa shape index (κ3) is 2.62. The van der Waals surface area contributed by atoms with E-state index in [0.29, 0.717) is 10.7 Å². The van der Waals surface area contributed by atoms with Gasteiger partial charge in [0.05, 0.1) is 22.3 Å². The number of rotatable bonds is 1. The molecular weight excluding hydrogens is 383 g/mol. The quantitative estimate of drug-likeness (QED) is 0.422. The van der Waals surface area contributed by atoms with Crippen molar-refractivity contribution in [3.63, 3.8) is 0 Å². The van der Waals surface area contributed by atoms with Gasteiger partial charge in [-0.1, -0.05) is 66.2 Å². The van der Waals surface area contributed by atoms with Gasteiger partial charge in [-0.3, -0.25) is 0 Å². The van der Waals surface area contributed by atoms with Gasteiger partial charge in [0, 0.05) is 5.92 Å². The van der Waals surface area contributed by atoms with Crippen LogP contribution in [0.3, 0.4) is 0 Å². The normalized spacial score (nSPS) is 23.4. The van der Waals surface area contributed by atoms with Gasteiger partial charge in [0.15, 0.2) is 0 Å². The largest absolute Gasteiger partial charge is 0.416 e. The van der Waals surface area contributed by atoms with Crippen molar-refractivity contribution >= 4 is 28.1 Å². The van der Waals surface area contributed by atoms with Crippen molar-refractivity contribution in [1.82, 2.24) is 0 Å². The smallest absolute Gasteiger partial charge is 0.376 e. The Morgan fingerprint density at radius 1 is 0.964 bits per heavy atom. The monoisotopic (exact) mass is 399 g/mol. The first-order valence-corrected chi connectivity index (χ1v) is 9.63. The summed E-state index contributed by atoms with van der Waals surface area (Å²) < 4.78 is 41.1. The van der Waals surface area contributed by atoms with E-state index < -0.39 is 11.7 Å². The van der Waals surface area contributed by atoms with E-state index in [1.165, 1.54) is 6.07 Å². The average molecular weight is 400 g/mol.